The Morgan fingerprint density at radius 2 is 2.21 bits per heavy atom. The number of anilines is 1. The highest BCUT2D eigenvalue weighted by molar-refractivity contribution is 6.31. The van der Waals surface area contributed by atoms with Crippen LogP contribution in [0.5, 0.6) is 0 Å². The number of aliphatic hydroxyl groups excluding tert-OH is 1. The summed E-state index contributed by atoms with van der Waals surface area (Å²) in [4.78, 5) is 16.4. The smallest absolute Gasteiger partial charge is 0.229 e. The first kappa shape index (κ1) is 16.5. The van der Waals surface area contributed by atoms with E-state index in [9.17, 15) is 4.79 Å². The Kier molecular flexibility index (Phi) is 4.55. The molecule has 0 radical (unpaired) electrons. The largest absolute Gasteiger partial charge is 0.396 e. The number of aliphatic hydroxyl groups is 1. The number of aryl methyl sites for hydroxylation is 1. The minimum atomic E-state index is -0.704. The summed E-state index contributed by atoms with van der Waals surface area (Å²) in [6, 6.07) is 6.72. The first-order valence-corrected chi connectivity index (χ1v) is 7.96. The number of halogens is 1. The molecule has 3 rings (SSSR count). The second kappa shape index (κ2) is 6.62. The van der Waals surface area contributed by atoms with Gasteiger partial charge in [0.15, 0.2) is 5.82 Å². The number of carbonyl (C=O) groups is 1. The number of primary amides is 1. The maximum absolute atomic E-state index is 12.0. The Hall–Kier alpha value is -2.38. The fourth-order valence-corrected chi connectivity index (χ4v) is 3.14. The van der Waals surface area contributed by atoms with E-state index in [1.54, 1.807) is 10.7 Å². The highest BCUT2D eigenvalue weighted by atomic mass is 35.5. The van der Waals surface area contributed by atoms with E-state index in [-0.39, 0.29) is 6.61 Å². The van der Waals surface area contributed by atoms with Gasteiger partial charge in [-0.3, -0.25) is 4.79 Å². The number of benzene rings is 1. The van der Waals surface area contributed by atoms with E-state index in [2.05, 4.69) is 22.0 Å². The molecule has 8 heteroatoms. The van der Waals surface area contributed by atoms with Crippen LogP contribution < -0.4 is 11.1 Å². The molecule has 0 fully saturated rings. The lowest BCUT2D eigenvalue weighted by Crippen LogP contribution is -2.40. The van der Waals surface area contributed by atoms with Crippen LogP contribution in [0.15, 0.2) is 36.5 Å². The number of hydrogen-bond acceptors (Lipinski definition) is 5. The van der Waals surface area contributed by atoms with Crippen molar-refractivity contribution in [2.45, 2.75) is 18.9 Å². The third kappa shape index (κ3) is 2.88. The number of nitrogens with one attached hydrogen (secondary N) is 1. The molecule has 4 N–H and O–H groups in total. The van der Waals surface area contributed by atoms with Crippen molar-refractivity contribution < 1.29 is 9.90 Å². The van der Waals surface area contributed by atoms with Crippen LogP contribution >= 0.6 is 11.6 Å². The van der Waals surface area contributed by atoms with Gasteiger partial charge in [0.05, 0.1) is 6.04 Å². The predicted octanol–water partition coefficient (Wildman–Crippen LogP) is 1.49. The van der Waals surface area contributed by atoms with E-state index in [1.807, 2.05) is 18.2 Å². The molecule has 1 aromatic carbocycles. The molecule has 0 aliphatic carbocycles. The summed E-state index contributed by atoms with van der Waals surface area (Å²) >= 11 is 6.34. The van der Waals surface area contributed by atoms with Crippen LogP contribution in [0, 0.1) is 5.92 Å². The van der Waals surface area contributed by atoms with Gasteiger partial charge in [-0.2, -0.15) is 10.1 Å². The molecule has 24 heavy (non-hydrogen) atoms. The number of amides is 1. The maximum Gasteiger partial charge on any atom is 0.229 e. The van der Waals surface area contributed by atoms with Crippen molar-refractivity contribution in [3.05, 3.63) is 53.0 Å². The monoisotopic (exact) mass is 347 g/mol. The molecule has 7 nitrogen and oxygen atoms in total. The Labute approximate surface area is 144 Å². The molecule has 0 saturated carbocycles. The second-order valence-corrected chi connectivity index (χ2v) is 6.03. The van der Waals surface area contributed by atoms with Crippen molar-refractivity contribution in [3.63, 3.8) is 0 Å². The normalized spacial score (nSPS) is 19.7. The molecule has 2 aromatic rings. The molecule has 126 valence electrons. The Morgan fingerprint density at radius 3 is 2.88 bits per heavy atom. The van der Waals surface area contributed by atoms with Crippen molar-refractivity contribution in [1.29, 1.82) is 0 Å². The fourth-order valence-electron chi connectivity index (χ4n) is 2.90. The zero-order chi connectivity index (χ0) is 17.3. The first-order chi connectivity index (χ1) is 11.5. The summed E-state index contributed by atoms with van der Waals surface area (Å²) < 4.78 is 1.62. The van der Waals surface area contributed by atoms with Crippen LogP contribution in [0.3, 0.4) is 0 Å². The van der Waals surface area contributed by atoms with Crippen LogP contribution in [0.4, 0.5) is 5.95 Å². The van der Waals surface area contributed by atoms with Crippen LogP contribution in [0.25, 0.3) is 0 Å². The molecule has 0 bridgehead atoms. The topological polar surface area (TPSA) is 106 Å². The number of hydrogen-bond donors (Lipinski definition) is 3. The lowest BCUT2D eigenvalue weighted by Gasteiger charge is -2.33. The van der Waals surface area contributed by atoms with Crippen molar-refractivity contribution >= 4 is 23.5 Å². The summed E-state index contributed by atoms with van der Waals surface area (Å²) in [6.07, 6.45) is 1.08. The van der Waals surface area contributed by atoms with Crippen molar-refractivity contribution in [3.8, 4) is 0 Å². The Morgan fingerprint density at radius 1 is 1.46 bits per heavy atom. The molecular weight excluding hydrogens is 330 g/mol. The predicted molar refractivity (Wildman–Crippen MR) is 90.5 cm³/mol. The molecular formula is C16H18ClN5O2. The fraction of sp³-hybridized carbons (Fsp3) is 0.312. The van der Waals surface area contributed by atoms with E-state index < -0.39 is 17.9 Å². The van der Waals surface area contributed by atoms with Gasteiger partial charge in [-0.05, 0) is 18.1 Å². The van der Waals surface area contributed by atoms with Crippen molar-refractivity contribution in [1.82, 2.24) is 14.8 Å². The maximum atomic E-state index is 12.0. The summed E-state index contributed by atoms with van der Waals surface area (Å²) in [5, 5.41) is 17.0. The van der Waals surface area contributed by atoms with Gasteiger partial charge in [-0.15, -0.1) is 0 Å². The molecule has 1 aliphatic rings. The average molecular weight is 348 g/mol. The number of aromatic nitrogens is 3. The average Bonchev–Trinajstić information content (AvgIpc) is 2.94. The number of carbonyl (C=O) groups excluding carboxylic acids is 1. The summed E-state index contributed by atoms with van der Waals surface area (Å²) in [5.74, 6) is -0.169. The Bertz CT molecular complexity index is 789. The van der Waals surface area contributed by atoms with Crippen LogP contribution in [-0.2, 0) is 11.2 Å². The molecule has 0 spiro atoms. The molecule has 1 aliphatic heterocycles. The minimum Gasteiger partial charge on any atom is -0.396 e. The SMILES string of the molecule is C=C1Nc2nc(CCCO)nn2[C@H](c2ccccc2Cl)[C@@H]1C(N)=O. The van der Waals surface area contributed by atoms with Crippen molar-refractivity contribution in [2.75, 3.05) is 11.9 Å². The highest BCUT2D eigenvalue weighted by Gasteiger charge is 2.39. The van der Waals surface area contributed by atoms with Gasteiger partial charge in [-0.1, -0.05) is 36.4 Å². The highest BCUT2D eigenvalue weighted by Crippen LogP contribution is 2.39. The zero-order valence-corrected chi connectivity index (χ0v) is 13.7. The van der Waals surface area contributed by atoms with Crippen molar-refractivity contribution in [2.24, 2.45) is 11.7 Å². The summed E-state index contributed by atoms with van der Waals surface area (Å²) in [7, 11) is 0. The number of fused-ring (bicyclic) bond motifs is 1. The number of rotatable bonds is 5. The van der Waals surface area contributed by atoms with E-state index in [0.29, 0.717) is 35.3 Å². The molecule has 1 aromatic heterocycles. The Balaban J connectivity index is 2.12. The zero-order valence-electron chi connectivity index (χ0n) is 12.9. The number of nitrogens with two attached hydrogens (primary N) is 1. The first-order valence-electron chi connectivity index (χ1n) is 7.58. The standard InChI is InChI=1S/C16H18ClN5O2/c1-9-13(15(18)24)14(10-5-2-3-6-11(10)17)22-16(19-9)20-12(21-22)7-4-8-23/h2-3,5-6,13-14,23H,1,4,7-8H2,(H2,18,24)(H,19,20,21)/t13-,14-/m1/s1. The minimum absolute atomic E-state index is 0.0574. The van der Waals surface area contributed by atoms with Gasteiger partial charge < -0.3 is 16.2 Å². The van der Waals surface area contributed by atoms with Gasteiger partial charge in [0, 0.05) is 23.7 Å². The van der Waals surface area contributed by atoms with Crippen LogP contribution in [0.1, 0.15) is 23.9 Å². The molecule has 0 unspecified atom stereocenters. The quantitative estimate of drug-likeness (QED) is 0.759. The molecule has 0 saturated heterocycles. The van der Waals surface area contributed by atoms with Gasteiger partial charge in [0.25, 0.3) is 0 Å². The lowest BCUT2D eigenvalue weighted by atomic mass is 9.89. The van der Waals surface area contributed by atoms with Gasteiger partial charge in [0.1, 0.15) is 5.92 Å². The van der Waals surface area contributed by atoms with Gasteiger partial charge in [-0.25, -0.2) is 4.68 Å². The van der Waals surface area contributed by atoms with E-state index in [4.69, 9.17) is 22.4 Å². The van der Waals surface area contributed by atoms with E-state index in [0.717, 1.165) is 5.56 Å². The molecule has 2 atom stereocenters. The number of nitrogens with zero attached hydrogens (tertiary/aromatic N) is 3. The van der Waals surface area contributed by atoms with E-state index in [1.165, 1.54) is 0 Å². The van der Waals surface area contributed by atoms with E-state index >= 15 is 0 Å². The molecule has 1 amide bonds. The van der Waals surface area contributed by atoms with Gasteiger partial charge >= 0.3 is 0 Å². The lowest BCUT2D eigenvalue weighted by molar-refractivity contribution is -0.121. The van der Waals surface area contributed by atoms with Crippen LogP contribution in [-0.4, -0.2) is 32.4 Å². The molecule has 2 heterocycles. The van der Waals surface area contributed by atoms with Crippen LogP contribution in [0.2, 0.25) is 5.02 Å². The second-order valence-electron chi connectivity index (χ2n) is 5.62. The summed E-state index contributed by atoms with van der Waals surface area (Å²) in [5.41, 5.74) is 6.79. The van der Waals surface area contributed by atoms with Gasteiger partial charge in [0.2, 0.25) is 11.9 Å². The third-order valence-electron chi connectivity index (χ3n) is 3.99. The summed E-state index contributed by atoms with van der Waals surface area (Å²) in [6.45, 7) is 3.97. The third-order valence-corrected chi connectivity index (χ3v) is 4.34.